The van der Waals surface area contributed by atoms with E-state index < -0.39 is 5.82 Å². The summed E-state index contributed by atoms with van der Waals surface area (Å²) in [4.78, 5) is 13.0. The zero-order chi connectivity index (χ0) is 13.8. The van der Waals surface area contributed by atoms with Gasteiger partial charge in [-0.05, 0) is 36.6 Å². The Kier molecular flexibility index (Phi) is 4.06. The van der Waals surface area contributed by atoms with Gasteiger partial charge in [-0.25, -0.2) is 4.39 Å². The van der Waals surface area contributed by atoms with Crippen molar-refractivity contribution < 1.29 is 9.18 Å². The third-order valence-corrected chi connectivity index (χ3v) is 3.33. The van der Waals surface area contributed by atoms with Crippen molar-refractivity contribution in [1.29, 1.82) is 0 Å². The molecule has 2 rings (SSSR count). The van der Waals surface area contributed by atoms with Crippen molar-refractivity contribution in [2.45, 2.75) is 4.90 Å². The average molecular weight is 276 g/mol. The van der Waals surface area contributed by atoms with Crippen LogP contribution in [0.25, 0.3) is 0 Å². The van der Waals surface area contributed by atoms with E-state index in [1.165, 1.54) is 23.9 Å². The highest BCUT2D eigenvalue weighted by Gasteiger charge is 2.10. The van der Waals surface area contributed by atoms with Gasteiger partial charge in [-0.3, -0.25) is 4.79 Å². The molecule has 0 atom stereocenters. The van der Waals surface area contributed by atoms with Gasteiger partial charge in [0.25, 0.3) is 5.91 Å². The number of hydrogen-bond donors (Lipinski definition) is 2. The molecular weight excluding hydrogens is 263 g/mol. The van der Waals surface area contributed by atoms with E-state index in [0.717, 1.165) is 11.0 Å². The molecule has 0 aliphatic rings. The van der Waals surface area contributed by atoms with Crippen molar-refractivity contribution in [2.75, 3.05) is 17.3 Å². The number of carbonyl (C=O) groups is 1. The Balaban J connectivity index is 2.25. The van der Waals surface area contributed by atoms with Gasteiger partial charge < -0.3 is 11.1 Å². The molecule has 98 valence electrons. The minimum absolute atomic E-state index is 0.202. The van der Waals surface area contributed by atoms with Gasteiger partial charge in [0.15, 0.2) is 0 Å². The second-order valence-electron chi connectivity index (χ2n) is 3.93. The van der Waals surface area contributed by atoms with Crippen LogP contribution >= 0.6 is 11.8 Å². The first-order chi connectivity index (χ1) is 9.10. The van der Waals surface area contributed by atoms with Crippen molar-refractivity contribution in [1.82, 2.24) is 0 Å². The molecule has 0 fully saturated rings. The number of nitrogens with two attached hydrogens (primary N) is 1. The number of halogens is 1. The van der Waals surface area contributed by atoms with Gasteiger partial charge in [-0.15, -0.1) is 11.8 Å². The minimum atomic E-state index is -0.525. The third kappa shape index (κ3) is 3.26. The van der Waals surface area contributed by atoms with Crippen molar-refractivity contribution >= 4 is 29.0 Å². The fourth-order valence-electron chi connectivity index (χ4n) is 1.69. The van der Waals surface area contributed by atoms with Crippen molar-refractivity contribution in [2.24, 2.45) is 0 Å². The van der Waals surface area contributed by atoms with Crippen molar-refractivity contribution in [3.63, 3.8) is 0 Å². The van der Waals surface area contributed by atoms with E-state index in [-0.39, 0.29) is 17.2 Å². The first kappa shape index (κ1) is 13.4. The Morgan fingerprint density at radius 2 is 2.00 bits per heavy atom. The molecule has 3 nitrogen and oxygen atoms in total. The quantitative estimate of drug-likeness (QED) is 0.667. The lowest BCUT2D eigenvalue weighted by atomic mass is 10.2. The summed E-state index contributed by atoms with van der Waals surface area (Å²) in [6.07, 6.45) is 1.92. The second-order valence-corrected chi connectivity index (χ2v) is 4.78. The van der Waals surface area contributed by atoms with Crippen LogP contribution in [0.5, 0.6) is 0 Å². The number of anilines is 2. The van der Waals surface area contributed by atoms with Gasteiger partial charge in [-0.1, -0.05) is 12.1 Å². The summed E-state index contributed by atoms with van der Waals surface area (Å²) >= 11 is 1.53. The van der Waals surface area contributed by atoms with E-state index in [0.29, 0.717) is 5.69 Å². The molecule has 0 aliphatic heterocycles. The van der Waals surface area contributed by atoms with E-state index in [2.05, 4.69) is 5.32 Å². The monoisotopic (exact) mass is 276 g/mol. The first-order valence-corrected chi connectivity index (χ1v) is 6.83. The molecule has 0 spiro atoms. The van der Waals surface area contributed by atoms with E-state index >= 15 is 0 Å². The fraction of sp³-hybridized carbons (Fsp3) is 0.0714. The highest BCUT2D eigenvalue weighted by Crippen LogP contribution is 2.25. The maximum atomic E-state index is 13.2. The van der Waals surface area contributed by atoms with Gasteiger partial charge >= 0.3 is 0 Å². The molecule has 1 amide bonds. The number of thioether (sulfide) groups is 1. The van der Waals surface area contributed by atoms with Crippen LogP contribution in [0.1, 0.15) is 10.4 Å². The normalized spacial score (nSPS) is 10.2. The summed E-state index contributed by atoms with van der Waals surface area (Å²) in [5, 5.41) is 2.75. The molecule has 19 heavy (non-hydrogen) atoms. The Hall–Kier alpha value is -2.01. The summed E-state index contributed by atoms with van der Waals surface area (Å²) in [6.45, 7) is 0. The molecule has 0 radical (unpaired) electrons. The highest BCUT2D eigenvalue weighted by molar-refractivity contribution is 7.98. The largest absolute Gasteiger partial charge is 0.399 e. The van der Waals surface area contributed by atoms with E-state index in [4.69, 9.17) is 5.73 Å². The van der Waals surface area contributed by atoms with Crippen LogP contribution in [-0.2, 0) is 0 Å². The second kappa shape index (κ2) is 5.75. The zero-order valence-corrected chi connectivity index (χ0v) is 11.1. The predicted molar refractivity (Wildman–Crippen MR) is 77.0 cm³/mol. The van der Waals surface area contributed by atoms with Gasteiger partial charge in [-0.2, -0.15) is 0 Å². The van der Waals surface area contributed by atoms with Crippen LogP contribution < -0.4 is 11.1 Å². The number of nitrogens with one attached hydrogen (secondary N) is 1. The maximum absolute atomic E-state index is 13.2. The smallest absolute Gasteiger partial charge is 0.255 e. The number of nitrogen functional groups attached to an aromatic ring is 1. The molecular formula is C14H13FN2OS. The zero-order valence-electron chi connectivity index (χ0n) is 10.3. The fourth-order valence-corrected chi connectivity index (χ4v) is 2.24. The van der Waals surface area contributed by atoms with E-state index in [9.17, 15) is 9.18 Å². The lowest BCUT2D eigenvalue weighted by molar-refractivity contribution is 0.102. The van der Waals surface area contributed by atoms with E-state index in [1.807, 2.05) is 24.5 Å². The van der Waals surface area contributed by atoms with Crippen LogP contribution in [0, 0.1) is 5.82 Å². The molecule has 0 aliphatic carbocycles. The molecule has 5 heteroatoms. The molecule has 0 saturated heterocycles. The highest BCUT2D eigenvalue weighted by atomic mass is 32.2. The number of hydrogen-bond acceptors (Lipinski definition) is 3. The van der Waals surface area contributed by atoms with Crippen LogP contribution in [-0.4, -0.2) is 12.2 Å². The van der Waals surface area contributed by atoms with Crippen LogP contribution in [0.4, 0.5) is 15.8 Å². The SMILES string of the molecule is CSc1ccccc1NC(=O)c1cc(N)cc(F)c1. The standard InChI is InChI=1S/C14H13FN2OS/c1-19-13-5-3-2-4-12(13)17-14(18)9-6-10(15)8-11(16)7-9/h2-8H,16H2,1H3,(H,17,18). The lowest BCUT2D eigenvalue weighted by Gasteiger charge is -2.09. The predicted octanol–water partition coefficient (Wildman–Crippen LogP) is 3.38. The Morgan fingerprint density at radius 3 is 2.68 bits per heavy atom. The number of carbonyl (C=O) groups excluding carboxylic acids is 1. The van der Waals surface area contributed by atoms with Crippen LogP contribution in [0.3, 0.4) is 0 Å². The summed E-state index contributed by atoms with van der Waals surface area (Å²) in [5.41, 5.74) is 6.65. The topological polar surface area (TPSA) is 55.1 Å². The average Bonchev–Trinajstić information content (AvgIpc) is 2.38. The molecule has 0 bridgehead atoms. The number of rotatable bonds is 3. The molecule has 2 aromatic carbocycles. The minimum Gasteiger partial charge on any atom is -0.399 e. The van der Waals surface area contributed by atoms with Gasteiger partial charge in [0.2, 0.25) is 0 Å². The Morgan fingerprint density at radius 1 is 1.26 bits per heavy atom. The molecule has 3 N–H and O–H groups in total. The third-order valence-electron chi connectivity index (χ3n) is 2.54. The van der Waals surface area contributed by atoms with Gasteiger partial charge in [0.05, 0.1) is 5.69 Å². The molecule has 0 heterocycles. The summed E-state index contributed by atoms with van der Waals surface area (Å²) in [7, 11) is 0. The first-order valence-electron chi connectivity index (χ1n) is 5.60. The Labute approximate surface area is 115 Å². The van der Waals surface area contributed by atoms with Crippen LogP contribution in [0.2, 0.25) is 0 Å². The number of benzene rings is 2. The number of amides is 1. The van der Waals surface area contributed by atoms with E-state index in [1.54, 1.807) is 6.07 Å². The lowest BCUT2D eigenvalue weighted by Crippen LogP contribution is -2.13. The summed E-state index contributed by atoms with van der Waals surface area (Å²) in [5.74, 6) is -0.906. The molecule has 0 unspecified atom stereocenters. The Bertz CT molecular complexity index is 596. The molecule has 2 aromatic rings. The molecule has 0 aromatic heterocycles. The molecule has 0 saturated carbocycles. The van der Waals surface area contributed by atoms with Gasteiger partial charge in [0, 0.05) is 16.1 Å². The summed E-state index contributed by atoms with van der Waals surface area (Å²) < 4.78 is 13.2. The van der Waals surface area contributed by atoms with Crippen molar-refractivity contribution in [3.05, 3.63) is 53.8 Å². The van der Waals surface area contributed by atoms with Gasteiger partial charge in [0.1, 0.15) is 5.82 Å². The summed E-state index contributed by atoms with van der Waals surface area (Å²) in [6, 6.07) is 11.2. The van der Waals surface area contributed by atoms with Crippen LogP contribution in [0.15, 0.2) is 47.4 Å². The van der Waals surface area contributed by atoms with Crippen molar-refractivity contribution in [3.8, 4) is 0 Å². The maximum Gasteiger partial charge on any atom is 0.255 e. The number of para-hydroxylation sites is 1.